The van der Waals surface area contributed by atoms with Gasteiger partial charge in [0, 0.05) is 18.3 Å². The highest BCUT2D eigenvalue weighted by atomic mass is 16.7. The predicted octanol–water partition coefficient (Wildman–Crippen LogP) is 0.747. The zero-order valence-electron chi connectivity index (χ0n) is 12.4. The zero-order chi connectivity index (χ0) is 15.0. The molecule has 0 aromatic carbocycles. The van der Waals surface area contributed by atoms with Crippen LogP contribution in [0.25, 0.3) is 0 Å². The maximum absolute atomic E-state index is 12.5. The van der Waals surface area contributed by atoms with Crippen molar-refractivity contribution in [2.45, 2.75) is 69.9 Å². The van der Waals surface area contributed by atoms with Gasteiger partial charge < -0.3 is 20.1 Å². The molecule has 2 aliphatic carbocycles. The molecule has 0 aromatic heterocycles. The molecule has 0 amide bonds. The third-order valence-electron chi connectivity index (χ3n) is 6.59. The fourth-order valence-electron chi connectivity index (χ4n) is 4.90. The van der Waals surface area contributed by atoms with Gasteiger partial charge in [0.2, 0.25) is 0 Å². The highest BCUT2D eigenvalue weighted by Gasteiger charge is 2.77. The SMILES string of the molecule is CC1(C)CCC(=O)[C@]2(C)O[C@]3(O)C[C@]12CCC3(O)CO. The number of ketones is 1. The highest BCUT2D eigenvalue weighted by Crippen LogP contribution is 2.70. The quantitative estimate of drug-likeness (QED) is 0.661. The van der Waals surface area contributed by atoms with Gasteiger partial charge in [-0.3, -0.25) is 4.79 Å². The van der Waals surface area contributed by atoms with Crippen molar-refractivity contribution in [3.63, 3.8) is 0 Å². The molecule has 5 nitrogen and oxygen atoms in total. The normalized spacial score (nSPS) is 53.8. The number of aliphatic hydroxyl groups is 3. The predicted molar refractivity (Wildman–Crippen MR) is 70.8 cm³/mol. The van der Waals surface area contributed by atoms with Gasteiger partial charge in [-0.05, 0) is 31.6 Å². The van der Waals surface area contributed by atoms with E-state index < -0.39 is 29.0 Å². The summed E-state index contributed by atoms with van der Waals surface area (Å²) in [6.45, 7) is 5.40. The number of aliphatic hydroxyl groups excluding tert-OH is 1. The molecule has 3 N–H and O–H groups in total. The van der Waals surface area contributed by atoms with Gasteiger partial charge >= 0.3 is 0 Å². The fraction of sp³-hybridized carbons (Fsp3) is 0.933. The van der Waals surface area contributed by atoms with Crippen LogP contribution in [-0.4, -0.2) is 44.7 Å². The van der Waals surface area contributed by atoms with Crippen LogP contribution in [0.5, 0.6) is 0 Å². The fourth-order valence-corrected chi connectivity index (χ4v) is 4.90. The van der Waals surface area contributed by atoms with Gasteiger partial charge in [0.05, 0.1) is 6.61 Å². The number of ether oxygens (including phenoxy) is 1. The molecule has 3 aliphatic rings. The average molecular weight is 284 g/mol. The van der Waals surface area contributed by atoms with Gasteiger partial charge in [-0.25, -0.2) is 0 Å². The van der Waals surface area contributed by atoms with Crippen LogP contribution in [0.15, 0.2) is 0 Å². The van der Waals surface area contributed by atoms with Crippen molar-refractivity contribution in [1.29, 1.82) is 0 Å². The van der Waals surface area contributed by atoms with Crippen LogP contribution < -0.4 is 0 Å². The van der Waals surface area contributed by atoms with Crippen molar-refractivity contribution in [3.05, 3.63) is 0 Å². The number of rotatable bonds is 1. The van der Waals surface area contributed by atoms with Gasteiger partial charge in [-0.2, -0.15) is 0 Å². The van der Waals surface area contributed by atoms with Crippen molar-refractivity contribution in [2.24, 2.45) is 10.8 Å². The zero-order valence-corrected chi connectivity index (χ0v) is 12.4. The standard InChI is InChI=1S/C15H24O5/c1-11(2)5-4-10(17)12(3)13(11)6-7-14(18,9-16)15(19,8-13)20-12/h16,18-19H,4-9H2,1-3H3/t12-,13+,14?,15+/m0/s1. The number of carbonyl (C=O) groups excluding carboxylic acids is 1. The highest BCUT2D eigenvalue weighted by molar-refractivity contribution is 5.90. The van der Waals surface area contributed by atoms with Crippen LogP contribution in [-0.2, 0) is 9.53 Å². The van der Waals surface area contributed by atoms with Crippen LogP contribution in [0.4, 0.5) is 0 Å². The topological polar surface area (TPSA) is 87.0 Å². The Bertz CT molecular complexity index is 475. The van der Waals surface area contributed by atoms with E-state index >= 15 is 0 Å². The summed E-state index contributed by atoms with van der Waals surface area (Å²) in [6, 6.07) is 0. The van der Waals surface area contributed by atoms with Crippen molar-refractivity contribution in [1.82, 2.24) is 0 Å². The Morgan fingerprint density at radius 1 is 1.15 bits per heavy atom. The Balaban J connectivity index is 2.17. The summed E-state index contributed by atoms with van der Waals surface area (Å²) >= 11 is 0. The van der Waals surface area contributed by atoms with Crippen LogP contribution in [0.1, 0.15) is 52.9 Å². The third-order valence-corrected chi connectivity index (χ3v) is 6.59. The average Bonchev–Trinajstić information content (AvgIpc) is 2.60. The number of Topliss-reactive ketones (excluding diaryl/α,β-unsaturated/α-hetero) is 1. The van der Waals surface area contributed by atoms with E-state index in [1.807, 2.05) is 0 Å². The molecule has 2 bridgehead atoms. The first-order chi connectivity index (χ1) is 9.06. The Kier molecular flexibility index (Phi) is 2.63. The molecule has 0 radical (unpaired) electrons. The minimum absolute atomic E-state index is 0.00469. The van der Waals surface area contributed by atoms with Crippen molar-refractivity contribution >= 4 is 5.78 Å². The Morgan fingerprint density at radius 3 is 2.40 bits per heavy atom. The summed E-state index contributed by atoms with van der Waals surface area (Å²) in [4.78, 5) is 12.5. The molecular weight excluding hydrogens is 260 g/mol. The second-order valence-electron chi connectivity index (χ2n) is 7.68. The molecule has 1 spiro atoms. The molecular formula is C15H24O5. The van der Waals surface area contributed by atoms with Crippen molar-refractivity contribution in [2.75, 3.05) is 6.61 Å². The van der Waals surface area contributed by atoms with Crippen LogP contribution in [0.3, 0.4) is 0 Å². The van der Waals surface area contributed by atoms with E-state index in [9.17, 15) is 20.1 Å². The van der Waals surface area contributed by atoms with Crippen LogP contribution >= 0.6 is 0 Å². The molecule has 114 valence electrons. The lowest BCUT2D eigenvalue weighted by molar-refractivity contribution is -0.308. The molecule has 3 rings (SSSR count). The molecule has 3 fully saturated rings. The first-order valence-corrected chi connectivity index (χ1v) is 7.35. The lowest BCUT2D eigenvalue weighted by Crippen LogP contribution is -2.62. The monoisotopic (exact) mass is 284 g/mol. The number of hydrogen-bond donors (Lipinski definition) is 3. The molecule has 2 saturated carbocycles. The molecule has 0 aromatic rings. The lowest BCUT2D eigenvalue weighted by Gasteiger charge is -2.56. The van der Waals surface area contributed by atoms with Crippen molar-refractivity contribution < 1.29 is 24.9 Å². The van der Waals surface area contributed by atoms with Crippen LogP contribution in [0.2, 0.25) is 0 Å². The maximum atomic E-state index is 12.5. The summed E-state index contributed by atoms with van der Waals surface area (Å²) in [6.07, 6.45) is 2.21. The first-order valence-electron chi connectivity index (χ1n) is 7.35. The van der Waals surface area contributed by atoms with E-state index in [1.54, 1.807) is 6.92 Å². The Hall–Kier alpha value is -0.490. The molecule has 5 heteroatoms. The molecule has 1 heterocycles. The van der Waals surface area contributed by atoms with E-state index in [0.717, 1.165) is 6.42 Å². The number of fused-ring (bicyclic) bond motifs is 1. The molecule has 1 aliphatic heterocycles. The summed E-state index contributed by atoms with van der Waals surface area (Å²) in [5, 5.41) is 30.8. The maximum Gasteiger partial charge on any atom is 0.198 e. The number of hydrogen-bond acceptors (Lipinski definition) is 5. The summed E-state index contributed by atoms with van der Waals surface area (Å²) < 4.78 is 5.81. The largest absolute Gasteiger partial charge is 0.393 e. The minimum Gasteiger partial charge on any atom is -0.393 e. The molecule has 1 unspecified atom stereocenters. The van der Waals surface area contributed by atoms with Crippen LogP contribution in [0, 0.1) is 10.8 Å². The van der Waals surface area contributed by atoms with E-state index in [-0.39, 0.29) is 24.0 Å². The second kappa shape index (κ2) is 3.64. The molecule has 4 atom stereocenters. The second-order valence-corrected chi connectivity index (χ2v) is 7.68. The molecule has 20 heavy (non-hydrogen) atoms. The smallest absolute Gasteiger partial charge is 0.198 e. The first kappa shape index (κ1) is 14.4. The van der Waals surface area contributed by atoms with Gasteiger partial charge in [0.25, 0.3) is 0 Å². The van der Waals surface area contributed by atoms with E-state index in [2.05, 4.69) is 13.8 Å². The van der Waals surface area contributed by atoms with E-state index in [0.29, 0.717) is 12.8 Å². The van der Waals surface area contributed by atoms with Gasteiger partial charge in [0.15, 0.2) is 11.6 Å². The summed E-state index contributed by atoms with van der Waals surface area (Å²) in [7, 11) is 0. The molecule has 1 saturated heterocycles. The lowest BCUT2D eigenvalue weighted by atomic mass is 9.46. The van der Waals surface area contributed by atoms with E-state index in [4.69, 9.17) is 4.74 Å². The van der Waals surface area contributed by atoms with E-state index in [1.165, 1.54) is 0 Å². The summed E-state index contributed by atoms with van der Waals surface area (Å²) in [5.41, 5.74) is -3.40. The van der Waals surface area contributed by atoms with Gasteiger partial charge in [0.1, 0.15) is 11.2 Å². The summed E-state index contributed by atoms with van der Waals surface area (Å²) in [5.74, 6) is -1.85. The Labute approximate surface area is 118 Å². The van der Waals surface area contributed by atoms with Gasteiger partial charge in [-0.1, -0.05) is 13.8 Å². The third kappa shape index (κ3) is 1.30. The minimum atomic E-state index is -1.84. The van der Waals surface area contributed by atoms with Crippen molar-refractivity contribution in [3.8, 4) is 0 Å². The Morgan fingerprint density at radius 2 is 1.80 bits per heavy atom. The van der Waals surface area contributed by atoms with Gasteiger partial charge in [-0.15, -0.1) is 0 Å². The number of carbonyl (C=O) groups is 1.